The lowest BCUT2D eigenvalue weighted by atomic mass is 9.98. The lowest BCUT2D eigenvalue weighted by molar-refractivity contribution is 0.191. The summed E-state index contributed by atoms with van der Waals surface area (Å²) in [5, 5.41) is 17.3. The van der Waals surface area contributed by atoms with Crippen LogP contribution in [0.2, 0.25) is 0 Å². The van der Waals surface area contributed by atoms with Gasteiger partial charge in [0, 0.05) is 0 Å². The fourth-order valence-corrected chi connectivity index (χ4v) is 8.93. The third-order valence-electron chi connectivity index (χ3n) is 9.40. The minimum Gasteiger partial charge on any atom is -0.411 e. The summed E-state index contributed by atoms with van der Waals surface area (Å²) in [6.07, 6.45) is -2.78. The molecule has 57 heavy (non-hydrogen) atoms. The van der Waals surface area contributed by atoms with Crippen LogP contribution < -0.4 is 9.05 Å². The third kappa shape index (κ3) is 8.23. The number of alkyl halides is 2. The van der Waals surface area contributed by atoms with Gasteiger partial charge in [0.15, 0.2) is 0 Å². The number of benzene rings is 6. The van der Waals surface area contributed by atoms with Gasteiger partial charge in [0.05, 0.1) is 32.1 Å². The number of halogens is 6. The summed E-state index contributed by atoms with van der Waals surface area (Å²) in [6.45, 7) is 0. The van der Waals surface area contributed by atoms with Crippen molar-refractivity contribution in [1.29, 1.82) is 0 Å². The second-order valence-electron chi connectivity index (χ2n) is 13.1. The largest absolute Gasteiger partial charge is 0.497 e. The molecule has 6 aromatic carbocycles. The zero-order valence-electron chi connectivity index (χ0n) is 29.5. The highest BCUT2D eigenvalue weighted by Crippen LogP contribution is 2.56. The van der Waals surface area contributed by atoms with Gasteiger partial charge in [-0.15, -0.1) is 10.2 Å². The molecule has 2 atom stereocenters. The Hall–Kier alpha value is -5.37. The standard InChI is InChI=1S/C41H29Br2F4N6O3P/c42-31-21-25(23-37(27-11-15-29(44)16-12-27)52-35-7-3-1-5-33(35)48-50-52)9-19-39(31)55-57(54,41(46)47)56-40-20-10-26(22-32(40)43)24-38(28-13-17-30(45)18-14-28)53-36-8-4-2-6-34(36)49-51-53/h1-22,37-38,41H,23-24H2. The van der Waals surface area contributed by atoms with Crippen LogP contribution in [0.3, 0.4) is 0 Å². The average Bonchev–Trinajstić information content (AvgIpc) is 3.84. The van der Waals surface area contributed by atoms with E-state index in [-0.39, 0.29) is 32.1 Å². The number of fused-ring (bicyclic) bond motifs is 2. The Balaban J connectivity index is 1.02. The summed E-state index contributed by atoms with van der Waals surface area (Å²) in [5.74, 6) is -1.01. The van der Waals surface area contributed by atoms with E-state index in [0.29, 0.717) is 23.9 Å². The van der Waals surface area contributed by atoms with Crippen molar-refractivity contribution in [1.82, 2.24) is 30.0 Å². The number of para-hydroxylation sites is 2. The molecule has 8 rings (SSSR count). The van der Waals surface area contributed by atoms with Crippen LogP contribution >= 0.6 is 39.5 Å². The highest BCUT2D eigenvalue weighted by molar-refractivity contribution is 9.11. The molecule has 0 amide bonds. The van der Waals surface area contributed by atoms with E-state index in [9.17, 15) is 22.1 Å². The van der Waals surface area contributed by atoms with E-state index in [0.717, 1.165) is 33.3 Å². The van der Waals surface area contributed by atoms with Crippen LogP contribution in [-0.4, -0.2) is 36.2 Å². The first kappa shape index (κ1) is 38.5. The van der Waals surface area contributed by atoms with Gasteiger partial charge in [-0.3, -0.25) is 0 Å². The SMILES string of the molecule is O=P(Oc1ccc(CC(c2ccc(F)cc2)n2nnc3ccccc32)cc1Br)(Oc1ccc(CC(c2ccc(F)cc2)n2nnc3ccccc32)cc1Br)C(F)F. The number of nitrogens with zero attached hydrogens (tertiary/aromatic N) is 6. The van der Waals surface area contributed by atoms with E-state index in [2.05, 4.69) is 52.5 Å². The molecule has 0 spiro atoms. The van der Waals surface area contributed by atoms with E-state index in [4.69, 9.17) is 9.05 Å². The second kappa shape index (κ2) is 16.2. The Morgan fingerprint density at radius 3 is 1.37 bits per heavy atom. The minimum absolute atomic E-state index is 0.123. The summed E-state index contributed by atoms with van der Waals surface area (Å²) in [5.41, 5.74) is 5.95. The van der Waals surface area contributed by atoms with Crippen molar-refractivity contribution in [3.8, 4) is 11.5 Å². The molecular weight excluding hydrogens is 891 g/mol. The number of rotatable bonds is 13. The lowest BCUT2D eigenvalue weighted by Gasteiger charge is -2.22. The monoisotopic (exact) mass is 918 g/mol. The van der Waals surface area contributed by atoms with Crippen molar-refractivity contribution in [2.24, 2.45) is 0 Å². The molecule has 0 aliphatic carbocycles. The smallest absolute Gasteiger partial charge is 0.411 e. The molecule has 16 heteroatoms. The lowest BCUT2D eigenvalue weighted by Crippen LogP contribution is -2.15. The van der Waals surface area contributed by atoms with E-state index in [1.54, 1.807) is 57.9 Å². The van der Waals surface area contributed by atoms with Crippen molar-refractivity contribution in [2.75, 3.05) is 0 Å². The van der Waals surface area contributed by atoms with Crippen LogP contribution in [0.15, 0.2) is 142 Å². The van der Waals surface area contributed by atoms with E-state index in [1.807, 2.05) is 48.5 Å². The summed E-state index contributed by atoms with van der Waals surface area (Å²) < 4.78 is 85.7. The summed E-state index contributed by atoms with van der Waals surface area (Å²) in [7, 11) is -5.12. The van der Waals surface area contributed by atoms with Crippen molar-refractivity contribution in [3.05, 3.63) is 176 Å². The van der Waals surface area contributed by atoms with Gasteiger partial charge >= 0.3 is 13.8 Å². The number of aromatic nitrogens is 6. The maximum atomic E-state index is 14.6. The first-order valence-corrected chi connectivity index (χ1v) is 20.7. The first-order chi connectivity index (χ1) is 27.5. The summed E-state index contributed by atoms with van der Waals surface area (Å²) in [6, 6.07) is 35.8. The van der Waals surface area contributed by atoms with Gasteiger partial charge in [-0.2, -0.15) is 8.78 Å². The molecule has 0 aliphatic rings. The van der Waals surface area contributed by atoms with Crippen molar-refractivity contribution in [2.45, 2.75) is 31.1 Å². The van der Waals surface area contributed by atoms with Crippen molar-refractivity contribution >= 4 is 61.5 Å². The number of hydrogen-bond acceptors (Lipinski definition) is 7. The maximum Gasteiger partial charge on any atom is 0.497 e. The molecule has 2 heterocycles. The summed E-state index contributed by atoms with van der Waals surface area (Å²) in [4.78, 5) is 0. The van der Waals surface area contributed by atoms with Gasteiger partial charge in [-0.05, 0) is 140 Å². The first-order valence-electron chi connectivity index (χ1n) is 17.5. The van der Waals surface area contributed by atoms with Crippen LogP contribution in [0, 0.1) is 11.6 Å². The molecule has 0 radical (unpaired) electrons. The summed E-state index contributed by atoms with van der Waals surface area (Å²) >= 11 is 6.81. The van der Waals surface area contributed by atoms with Crippen LogP contribution in [0.25, 0.3) is 22.1 Å². The Morgan fingerprint density at radius 1 is 0.579 bits per heavy atom. The molecule has 0 bridgehead atoms. The second-order valence-corrected chi connectivity index (χ2v) is 16.7. The quantitative estimate of drug-likeness (QED) is 0.0839. The van der Waals surface area contributed by atoms with Gasteiger partial charge in [0.2, 0.25) is 0 Å². The van der Waals surface area contributed by atoms with E-state index in [1.165, 1.54) is 36.4 Å². The van der Waals surface area contributed by atoms with E-state index >= 15 is 0 Å². The van der Waals surface area contributed by atoms with Gasteiger partial charge in [-0.25, -0.2) is 22.7 Å². The molecule has 2 unspecified atom stereocenters. The fourth-order valence-electron chi connectivity index (χ4n) is 6.61. The van der Waals surface area contributed by atoms with Gasteiger partial charge in [-0.1, -0.05) is 71.1 Å². The fraction of sp³-hybridized carbons (Fsp3) is 0.122. The molecule has 0 N–H and O–H groups in total. The Morgan fingerprint density at radius 2 is 0.982 bits per heavy atom. The zero-order chi connectivity index (χ0) is 39.7. The molecule has 0 fully saturated rings. The van der Waals surface area contributed by atoms with E-state index < -0.39 is 25.8 Å². The molecule has 0 saturated carbocycles. The molecular formula is C41H29Br2F4N6O3P. The van der Waals surface area contributed by atoms with Crippen LogP contribution in [0.4, 0.5) is 17.6 Å². The molecule has 0 saturated heterocycles. The highest BCUT2D eigenvalue weighted by Gasteiger charge is 2.41. The van der Waals surface area contributed by atoms with Crippen LogP contribution in [-0.2, 0) is 17.4 Å². The third-order valence-corrected chi connectivity index (χ3v) is 12.0. The Labute approximate surface area is 340 Å². The molecule has 2 aromatic heterocycles. The predicted octanol–water partition coefficient (Wildman–Crippen LogP) is 11.5. The average molecular weight is 920 g/mol. The predicted molar refractivity (Wildman–Crippen MR) is 215 cm³/mol. The Bertz CT molecular complexity index is 2570. The normalized spacial score (nSPS) is 13.8. The highest BCUT2D eigenvalue weighted by atomic mass is 79.9. The van der Waals surface area contributed by atoms with Gasteiger partial charge < -0.3 is 9.05 Å². The van der Waals surface area contributed by atoms with Crippen molar-refractivity contribution in [3.63, 3.8) is 0 Å². The van der Waals surface area contributed by atoms with Crippen molar-refractivity contribution < 1.29 is 31.2 Å². The molecule has 8 aromatic rings. The topological polar surface area (TPSA) is 97.0 Å². The Kier molecular flexibility index (Phi) is 11.0. The minimum atomic E-state index is -5.12. The maximum absolute atomic E-state index is 14.6. The molecule has 288 valence electrons. The molecule has 0 aliphatic heterocycles. The van der Waals surface area contributed by atoms with Gasteiger partial charge in [0.1, 0.15) is 34.2 Å². The van der Waals surface area contributed by atoms with Crippen LogP contribution in [0.1, 0.15) is 34.3 Å². The van der Waals surface area contributed by atoms with Gasteiger partial charge in [0.25, 0.3) is 0 Å². The molecule has 9 nitrogen and oxygen atoms in total. The van der Waals surface area contributed by atoms with Crippen LogP contribution in [0.5, 0.6) is 11.5 Å². The zero-order valence-corrected chi connectivity index (χ0v) is 33.5. The number of hydrogen-bond donors (Lipinski definition) is 0.